The summed E-state index contributed by atoms with van der Waals surface area (Å²) in [5.74, 6) is 0. The average molecular weight is 240 g/mol. The average Bonchev–Trinajstić information content (AvgIpc) is 2.38. The minimum Gasteiger partial charge on any atom is -0.317 e. The molecule has 0 aromatic carbocycles. The smallest absolute Gasteiger partial charge is 0.0119 e. The van der Waals surface area contributed by atoms with Gasteiger partial charge in [0.05, 0.1) is 0 Å². The van der Waals surface area contributed by atoms with Crippen molar-refractivity contribution in [1.29, 1.82) is 0 Å². The Bertz CT molecular complexity index is 154. The van der Waals surface area contributed by atoms with Gasteiger partial charge in [0.15, 0.2) is 0 Å². The Balaban J connectivity index is 2.27. The van der Waals surface area contributed by atoms with Crippen LogP contribution in [0.5, 0.6) is 0 Å². The fourth-order valence-corrected chi connectivity index (χ4v) is 2.78. The molecule has 1 heterocycles. The molecule has 0 aliphatic carbocycles. The second-order valence-electron chi connectivity index (χ2n) is 5.43. The first-order valence-electron chi connectivity index (χ1n) is 7.83. The maximum Gasteiger partial charge on any atom is 0.0119 e. The monoisotopic (exact) mass is 240 g/mol. The minimum absolute atomic E-state index is 0.866. The van der Waals surface area contributed by atoms with Gasteiger partial charge in [-0.3, -0.25) is 0 Å². The van der Waals surface area contributed by atoms with Gasteiger partial charge >= 0.3 is 0 Å². The molecule has 0 bridgehead atoms. The molecule has 1 saturated heterocycles. The van der Waals surface area contributed by atoms with Gasteiger partial charge in [-0.1, -0.05) is 39.5 Å². The van der Waals surface area contributed by atoms with Crippen LogP contribution in [0.15, 0.2) is 0 Å². The second-order valence-corrected chi connectivity index (χ2v) is 5.43. The molecule has 0 aromatic rings. The van der Waals surface area contributed by atoms with Crippen molar-refractivity contribution < 1.29 is 0 Å². The molecule has 1 aliphatic rings. The Morgan fingerprint density at radius 2 is 1.41 bits per heavy atom. The number of hydrogen-bond acceptors (Lipinski definition) is 2. The minimum atomic E-state index is 0.866. The van der Waals surface area contributed by atoms with E-state index in [1.165, 1.54) is 77.5 Å². The third kappa shape index (κ3) is 6.42. The summed E-state index contributed by atoms with van der Waals surface area (Å²) in [5.41, 5.74) is 0. The van der Waals surface area contributed by atoms with Crippen molar-refractivity contribution in [2.75, 3.05) is 26.2 Å². The summed E-state index contributed by atoms with van der Waals surface area (Å²) in [6, 6.07) is 0.866. The Labute approximate surface area is 108 Å². The quantitative estimate of drug-likeness (QED) is 0.621. The topological polar surface area (TPSA) is 15.3 Å². The molecule has 0 atom stereocenters. The first-order chi connectivity index (χ1) is 8.38. The maximum absolute atomic E-state index is 3.48. The van der Waals surface area contributed by atoms with E-state index in [2.05, 4.69) is 24.1 Å². The van der Waals surface area contributed by atoms with Gasteiger partial charge in [0.1, 0.15) is 0 Å². The highest BCUT2D eigenvalue weighted by Gasteiger charge is 2.19. The Hall–Kier alpha value is -0.0800. The number of unbranched alkanes of at least 4 members (excludes halogenated alkanes) is 4. The highest BCUT2D eigenvalue weighted by Crippen LogP contribution is 2.14. The Kier molecular flexibility index (Phi) is 8.72. The molecule has 0 amide bonds. The summed E-state index contributed by atoms with van der Waals surface area (Å²) in [5, 5.41) is 3.48. The van der Waals surface area contributed by atoms with E-state index in [0.717, 1.165) is 6.04 Å². The van der Waals surface area contributed by atoms with Gasteiger partial charge in [-0.2, -0.15) is 0 Å². The van der Waals surface area contributed by atoms with Crippen molar-refractivity contribution in [2.24, 2.45) is 0 Å². The lowest BCUT2D eigenvalue weighted by atomic mass is 10.0. The van der Waals surface area contributed by atoms with Crippen molar-refractivity contribution in [3.63, 3.8) is 0 Å². The van der Waals surface area contributed by atoms with Crippen molar-refractivity contribution in [2.45, 2.75) is 71.3 Å². The molecule has 0 aromatic heterocycles. The summed E-state index contributed by atoms with van der Waals surface area (Å²) in [6.45, 7) is 9.72. The first kappa shape index (κ1) is 15.0. The van der Waals surface area contributed by atoms with Crippen molar-refractivity contribution in [1.82, 2.24) is 10.2 Å². The van der Waals surface area contributed by atoms with Crippen LogP contribution in [0, 0.1) is 0 Å². The molecule has 0 saturated carbocycles. The number of rotatable bonds is 9. The number of nitrogens with one attached hydrogen (secondary N) is 1. The highest BCUT2D eigenvalue weighted by molar-refractivity contribution is 4.77. The molecule has 1 fully saturated rings. The van der Waals surface area contributed by atoms with Crippen molar-refractivity contribution in [3.05, 3.63) is 0 Å². The zero-order valence-corrected chi connectivity index (χ0v) is 12.0. The van der Waals surface area contributed by atoms with Crippen LogP contribution in [0.3, 0.4) is 0 Å². The Morgan fingerprint density at radius 1 is 0.882 bits per heavy atom. The van der Waals surface area contributed by atoms with Gasteiger partial charge in [-0.25, -0.2) is 0 Å². The molecule has 0 radical (unpaired) electrons. The van der Waals surface area contributed by atoms with E-state index in [4.69, 9.17) is 0 Å². The third-order valence-corrected chi connectivity index (χ3v) is 3.92. The molecular weight excluding hydrogens is 208 g/mol. The summed E-state index contributed by atoms with van der Waals surface area (Å²) < 4.78 is 0. The summed E-state index contributed by atoms with van der Waals surface area (Å²) in [7, 11) is 0. The molecule has 0 spiro atoms. The SMILES string of the molecule is CCCCCN(CCCCC)C1CCNCC1. The zero-order valence-electron chi connectivity index (χ0n) is 12.0. The summed E-state index contributed by atoms with van der Waals surface area (Å²) >= 11 is 0. The molecule has 102 valence electrons. The lowest BCUT2D eigenvalue weighted by molar-refractivity contribution is 0.156. The predicted octanol–water partition coefficient (Wildman–Crippen LogP) is 3.42. The zero-order chi connectivity index (χ0) is 12.3. The van der Waals surface area contributed by atoms with Gasteiger partial charge in [0.25, 0.3) is 0 Å². The molecule has 2 heteroatoms. The number of nitrogens with zero attached hydrogens (tertiary/aromatic N) is 1. The van der Waals surface area contributed by atoms with E-state index < -0.39 is 0 Å². The predicted molar refractivity (Wildman–Crippen MR) is 76.5 cm³/mol. The van der Waals surface area contributed by atoms with Crippen LogP contribution in [0.1, 0.15) is 65.2 Å². The van der Waals surface area contributed by atoms with Crippen LogP contribution in [0.2, 0.25) is 0 Å². The van der Waals surface area contributed by atoms with Crippen LogP contribution < -0.4 is 5.32 Å². The fourth-order valence-electron chi connectivity index (χ4n) is 2.78. The first-order valence-corrected chi connectivity index (χ1v) is 7.83. The lowest BCUT2D eigenvalue weighted by Gasteiger charge is -2.34. The van der Waals surface area contributed by atoms with Crippen LogP contribution in [0.4, 0.5) is 0 Å². The van der Waals surface area contributed by atoms with Crippen LogP contribution in [-0.4, -0.2) is 37.1 Å². The van der Waals surface area contributed by atoms with Gasteiger partial charge < -0.3 is 10.2 Å². The summed E-state index contributed by atoms with van der Waals surface area (Å²) in [6.07, 6.45) is 11.0. The van der Waals surface area contributed by atoms with Crippen LogP contribution in [-0.2, 0) is 0 Å². The molecule has 0 unspecified atom stereocenters. The third-order valence-electron chi connectivity index (χ3n) is 3.92. The Morgan fingerprint density at radius 3 is 1.88 bits per heavy atom. The van der Waals surface area contributed by atoms with E-state index in [1.807, 2.05) is 0 Å². The van der Waals surface area contributed by atoms with Crippen LogP contribution >= 0.6 is 0 Å². The van der Waals surface area contributed by atoms with Crippen LogP contribution in [0.25, 0.3) is 0 Å². The highest BCUT2D eigenvalue weighted by atomic mass is 15.2. The standard InChI is InChI=1S/C15H32N2/c1-3-5-7-13-17(14-8-6-4-2)15-9-11-16-12-10-15/h15-16H,3-14H2,1-2H3. The van der Waals surface area contributed by atoms with Gasteiger partial charge in [0.2, 0.25) is 0 Å². The molecule has 1 N–H and O–H groups in total. The number of hydrogen-bond donors (Lipinski definition) is 1. The van der Waals surface area contributed by atoms with Crippen molar-refractivity contribution >= 4 is 0 Å². The maximum atomic E-state index is 3.48. The van der Waals surface area contributed by atoms with Gasteiger partial charge in [-0.05, 0) is 51.9 Å². The van der Waals surface area contributed by atoms with E-state index in [1.54, 1.807) is 0 Å². The van der Waals surface area contributed by atoms with E-state index in [9.17, 15) is 0 Å². The van der Waals surface area contributed by atoms with Gasteiger partial charge in [0, 0.05) is 6.04 Å². The van der Waals surface area contributed by atoms with E-state index >= 15 is 0 Å². The van der Waals surface area contributed by atoms with E-state index in [0.29, 0.717) is 0 Å². The van der Waals surface area contributed by atoms with Gasteiger partial charge in [-0.15, -0.1) is 0 Å². The van der Waals surface area contributed by atoms with Crippen molar-refractivity contribution in [3.8, 4) is 0 Å². The lowest BCUT2D eigenvalue weighted by Crippen LogP contribution is -2.44. The molecule has 2 nitrogen and oxygen atoms in total. The second kappa shape index (κ2) is 9.90. The molecular formula is C15H32N2. The normalized spacial score (nSPS) is 17.8. The summed E-state index contributed by atoms with van der Waals surface area (Å²) in [4.78, 5) is 2.78. The largest absolute Gasteiger partial charge is 0.317 e. The molecule has 1 aliphatic heterocycles. The molecule has 1 rings (SSSR count). The number of piperidine rings is 1. The van der Waals surface area contributed by atoms with E-state index in [-0.39, 0.29) is 0 Å². The molecule has 17 heavy (non-hydrogen) atoms. The fraction of sp³-hybridized carbons (Fsp3) is 1.00.